The normalized spacial score (nSPS) is 18.7. The van der Waals surface area contributed by atoms with Crippen molar-refractivity contribution in [3.8, 4) is 0 Å². The van der Waals surface area contributed by atoms with Crippen LogP contribution in [0.25, 0.3) is 0 Å². The molecule has 0 aromatic carbocycles. The summed E-state index contributed by atoms with van der Waals surface area (Å²) < 4.78 is 0. The molecule has 15 heavy (non-hydrogen) atoms. The lowest BCUT2D eigenvalue weighted by Gasteiger charge is -2.13. The number of anilines is 1. The summed E-state index contributed by atoms with van der Waals surface area (Å²) in [5, 5.41) is 6.92. The Hall–Kier alpha value is -1.91. The fourth-order valence-electron chi connectivity index (χ4n) is 1.35. The Balaban J connectivity index is 1.96. The molecule has 1 aromatic rings. The quantitative estimate of drug-likeness (QED) is 0.699. The van der Waals surface area contributed by atoms with E-state index >= 15 is 0 Å². The highest BCUT2D eigenvalue weighted by Crippen LogP contribution is 2.05. The number of amides is 1. The molecule has 0 aliphatic carbocycles. The van der Waals surface area contributed by atoms with Crippen LogP contribution >= 0.6 is 0 Å². The third-order valence-electron chi connectivity index (χ3n) is 2.11. The van der Waals surface area contributed by atoms with Crippen molar-refractivity contribution in [2.75, 3.05) is 12.0 Å². The Morgan fingerprint density at radius 2 is 2.47 bits per heavy atom. The van der Waals surface area contributed by atoms with Crippen LogP contribution in [-0.2, 0) is 4.79 Å². The van der Waals surface area contributed by atoms with Crippen molar-refractivity contribution in [2.45, 2.75) is 12.8 Å². The van der Waals surface area contributed by atoms with Gasteiger partial charge >= 0.3 is 0 Å². The number of carbonyl (C=O) groups is 1. The fourth-order valence-corrected chi connectivity index (χ4v) is 1.35. The highest BCUT2D eigenvalue weighted by atomic mass is 16.1. The smallest absolute Gasteiger partial charge is 0.225 e. The number of aromatic nitrogens is 1. The molecule has 0 spiro atoms. The summed E-state index contributed by atoms with van der Waals surface area (Å²) in [6.45, 7) is 0.673. The Kier molecular flexibility index (Phi) is 2.92. The maximum atomic E-state index is 11.1. The number of carbonyl (C=O) groups excluding carboxylic acids is 1. The number of nitrogens with one attached hydrogen (secondary N) is 2. The van der Waals surface area contributed by atoms with E-state index < -0.39 is 0 Å². The van der Waals surface area contributed by atoms with Crippen LogP contribution in [0.15, 0.2) is 29.6 Å². The first-order valence-electron chi connectivity index (χ1n) is 4.83. The van der Waals surface area contributed by atoms with Crippen LogP contribution in [-0.4, -0.2) is 23.1 Å². The van der Waals surface area contributed by atoms with Gasteiger partial charge in [-0.1, -0.05) is 0 Å². The molecular formula is C10H12N4O. The zero-order valence-electron chi connectivity index (χ0n) is 8.23. The molecule has 1 amide bonds. The first kappa shape index (κ1) is 9.64. The lowest BCUT2D eigenvalue weighted by atomic mass is 10.1. The summed E-state index contributed by atoms with van der Waals surface area (Å²) in [5.41, 5.74) is 4.59. The topological polar surface area (TPSA) is 66.4 Å². The highest BCUT2D eigenvalue weighted by molar-refractivity contribution is 6.03. The molecule has 1 aliphatic rings. The largest absolute Gasteiger partial charge is 0.355 e. The molecule has 1 aromatic heterocycles. The average molecular weight is 204 g/mol. The lowest BCUT2D eigenvalue weighted by Crippen LogP contribution is -2.34. The SMILES string of the molecule is O=C1CC(=NNc2cccnc2)CCN1. The molecule has 78 valence electrons. The predicted molar refractivity (Wildman–Crippen MR) is 57.5 cm³/mol. The molecule has 5 nitrogen and oxygen atoms in total. The van der Waals surface area contributed by atoms with Crippen molar-refractivity contribution in [3.63, 3.8) is 0 Å². The maximum Gasteiger partial charge on any atom is 0.225 e. The Morgan fingerprint density at radius 3 is 3.20 bits per heavy atom. The lowest BCUT2D eigenvalue weighted by molar-refractivity contribution is -0.120. The van der Waals surface area contributed by atoms with Gasteiger partial charge in [-0.05, 0) is 12.1 Å². The predicted octanol–water partition coefficient (Wildman–Crippen LogP) is 0.759. The highest BCUT2D eigenvalue weighted by Gasteiger charge is 2.13. The van der Waals surface area contributed by atoms with Crippen LogP contribution in [0, 0.1) is 0 Å². The van der Waals surface area contributed by atoms with E-state index in [4.69, 9.17) is 0 Å². The van der Waals surface area contributed by atoms with Gasteiger partial charge in [-0.25, -0.2) is 0 Å². The molecule has 1 aliphatic heterocycles. The Morgan fingerprint density at radius 1 is 1.53 bits per heavy atom. The molecule has 0 saturated carbocycles. The zero-order valence-corrected chi connectivity index (χ0v) is 8.23. The van der Waals surface area contributed by atoms with Crippen LogP contribution < -0.4 is 10.7 Å². The second kappa shape index (κ2) is 4.54. The van der Waals surface area contributed by atoms with Gasteiger partial charge in [0, 0.05) is 24.9 Å². The van der Waals surface area contributed by atoms with Gasteiger partial charge in [0.25, 0.3) is 0 Å². The van der Waals surface area contributed by atoms with Crippen LogP contribution in [0.2, 0.25) is 0 Å². The van der Waals surface area contributed by atoms with Gasteiger partial charge in [-0.2, -0.15) is 5.10 Å². The minimum atomic E-state index is 0.0352. The molecule has 2 heterocycles. The second-order valence-corrected chi connectivity index (χ2v) is 3.31. The van der Waals surface area contributed by atoms with Crippen molar-refractivity contribution in [1.29, 1.82) is 0 Å². The summed E-state index contributed by atoms with van der Waals surface area (Å²) in [4.78, 5) is 15.0. The van der Waals surface area contributed by atoms with Crippen LogP contribution in [0.5, 0.6) is 0 Å². The molecule has 0 atom stereocenters. The monoisotopic (exact) mass is 204 g/mol. The fraction of sp³-hybridized carbons (Fsp3) is 0.300. The zero-order chi connectivity index (χ0) is 10.5. The molecule has 1 saturated heterocycles. The Bertz CT molecular complexity index is 374. The molecule has 0 unspecified atom stereocenters. The van der Waals surface area contributed by atoms with Crippen LogP contribution in [0.4, 0.5) is 5.69 Å². The summed E-state index contributed by atoms with van der Waals surface area (Å²) in [5.74, 6) is 0.0352. The van der Waals surface area contributed by atoms with Gasteiger partial charge in [-0.3, -0.25) is 15.2 Å². The summed E-state index contributed by atoms with van der Waals surface area (Å²) >= 11 is 0. The molecule has 1 fully saturated rings. The summed E-state index contributed by atoms with van der Waals surface area (Å²) in [6, 6.07) is 3.70. The van der Waals surface area contributed by atoms with Gasteiger partial charge < -0.3 is 5.32 Å². The van der Waals surface area contributed by atoms with Crippen molar-refractivity contribution < 1.29 is 4.79 Å². The molecule has 5 heteroatoms. The summed E-state index contributed by atoms with van der Waals surface area (Å²) in [7, 11) is 0. The van der Waals surface area contributed by atoms with Crippen molar-refractivity contribution in [1.82, 2.24) is 10.3 Å². The molecule has 0 bridgehead atoms. The van der Waals surface area contributed by atoms with E-state index in [2.05, 4.69) is 20.8 Å². The number of nitrogens with zero attached hydrogens (tertiary/aromatic N) is 2. The molecule has 2 rings (SSSR count). The summed E-state index contributed by atoms with van der Waals surface area (Å²) in [6.07, 6.45) is 4.57. The van der Waals surface area contributed by atoms with Crippen molar-refractivity contribution in [2.24, 2.45) is 5.10 Å². The number of hydrazone groups is 1. The van der Waals surface area contributed by atoms with E-state index in [1.807, 2.05) is 12.1 Å². The van der Waals surface area contributed by atoms with Gasteiger partial charge in [0.1, 0.15) is 0 Å². The van der Waals surface area contributed by atoms with E-state index in [0.29, 0.717) is 13.0 Å². The molecule has 0 radical (unpaired) electrons. The van der Waals surface area contributed by atoms with Gasteiger partial charge in [0.15, 0.2) is 0 Å². The third-order valence-corrected chi connectivity index (χ3v) is 2.11. The number of pyridine rings is 1. The van der Waals surface area contributed by atoms with E-state index in [0.717, 1.165) is 17.8 Å². The minimum absolute atomic E-state index is 0.0352. The minimum Gasteiger partial charge on any atom is -0.355 e. The molecule has 2 N–H and O–H groups in total. The number of hydrogen-bond acceptors (Lipinski definition) is 4. The van der Waals surface area contributed by atoms with E-state index in [-0.39, 0.29) is 5.91 Å². The molecular weight excluding hydrogens is 192 g/mol. The number of hydrogen-bond donors (Lipinski definition) is 2. The van der Waals surface area contributed by atoms with Crippen LogP contribution in [0.1, 0.15) is 12.8 Å². The van der Waals surface area contributed by atoms with E-state index in [1.54, 1.807) is 12.4 Å². The first-order chi connectivity index (χ1) is 7.34. The van der Waals surface area contributed by atoms with Crippen LogP contribution in [0.3, 0.4) is 0 Å². The Labute approximate surface area is 87.6 Å². The standard InChI is InChI=1S/C10H12N4O/c15-10-6-8(3-5-12-10)13-14-9-2-1-4-11-7-9/h1-2,4,7,14H,3,5-6H2,(H,12,15). The number of piperidine rings is 1. The second-order valence-electron chi connectivity index (χ2n) is 3.31. The first-order valence-corrected chi connectivity index (χ1v) is 4.83. The van der Waals surface area contributed by atoms with Crippen molar-refractivity contribution in [3.05, 3.63) is 24.5 Å². The van der Waals surface area contributed by atoms with Gasteiger partial charge in [-0.15, -0.1) is 0 Å². The maximum absolute atomic E-state index is 11.1. The van der Waals surface area contributed by atoms with Gasteiger partial charge in [0.05, 0.1) is 18.3 Å². The van der Waals surface area contributed by atoms with Gasteiger partial charge in [0.2, 0.25) is 5.91 Å². The average Bonchev–Trinajstić information content (AvgIpc) is 2.28. The van der Waals surface area contributed by atoms with Crippen molar-refractivity contribution >= 4 is 17.3 Å². The van der Waals surface area contributed by atoms with E-state index in [1.165, 1.54) is 0 Å². The number of rotatable bonds is 2. The third kappa shape index (κ3) is 2.77. The van der Waals surface area contributed by atoms with E-state index in [9.17, 15) is 4.79 Å².